The molecule has 0 aromatic heterocycles. The Labute approximate surface area is 171 Å². The molecule has 2 aliphatic heterocycles. The molecule has 0 radical (unpaired) electrons. The molecule has 5 nitrogen and oxygen atoms in total. The molecule has 3 aliphatic rings. The summed E-state index contributed by atoms with van der Waals surface area (Å²) in [6, 6.07) is 9.85. The van der Waals surface area contributed by atoms with Crippen LogP contribution in [0.2, 0.25) is 0 Å². The Balaban J connectivity index is 1.66. The number of amides is 2. The standard InChI is InChI=1S/C24H26N2O3/c1-16(2)20-15-22(27)26-21-14-18(8-9-19(20)21)25-23(28)24(10-12-29-13-11-24)17-6-4-3-5-7-17/h3-9,14-16,19H,10-13H2,1-2H3,(H,26,27). The van der Waals surface area contributed by atoms with Gasteiger partial charge in [0.05, 0.1) is 11.1 Å². The minimum atomic E-state index is -0.658. The normalized spacial score (nSPS) is 24.6. The number of carbonyl (C=O) groups is 2. The molecule has 5 heteroatoms. The average molecular weight is 390 g/mol. The molecule has 1 aromatic rings. The molecule has 4 rings (SSSR count). The highest BCUT2D eigenvalue weighted by atomic mass is 16.5. The Kier molecular flexibility index (Phi) is 5.33. The SMILES string of the molecule is CC(C)C1=CC(=O)NC2=CC(=NC(=O)C3(c4ccccc4)CCOCC3)C=CC21. The van der Waals surface area contributed by atoms with E-state index in [0.29, 0.717) is 31.8 Å². The van der Waals surface area contributed by atoms with Gasteiger partial charge in [0.2, 0.25) is 5.91 Å². The molecule has 1 aromatic carbocycles. The Bertz CT molecular complexity index is 932. The van der Waals surface area contributed by atoms with E-state index in [-0.39, 0.29) is 23.7 Å². The van der Waals surface area contributed by atoms with Crippen LogP contribution < -0.4 is 5.32 Å². The zero-order valence-electron chi connectivity index (χ0n) is 16.9. The topological polar surface area (TPSA) is 67.8 Å². The molecular weight excluding hydrogens is 364 g/mol. The molecule has 150 valence electrons. The van der Waals surface area contributed by atoms with E-state index in [0.717, 1.165) is 16.8 Å². The lowest BCUT2D eigenvalue weighted by Gasteiger charge is -2.35. The Morgan fingerprint density at radius 2 is 1.90 bits per heavy atom. The second-order valence-corrected chi connectivity index (χ2v) is 8.13. The summed E-state index contributed by atoms with van der Waals surface area (Å²) < 4.78 is 5.52. The number of carbonyl (C=O) groups excluding carboxylic acids is 2. The van der Waals surface area contributed by atoms with Crippen molar-refractivity contribution in [1.82, 2.24) is 5.32 Å². The van der Waals surface area contributed by atoms with Crippen LogP contribution >= 0.6 is 0 Å². The molecule has 1 fully saturated rings. The maximum atomic E-state index is 13.4. The van der Waals surface area contributed by atoms with E-state index in [9.17, 15) is 9.59 Å². The first-order valence-electron chi connectivity index (χ1n) is 10.2. The van der Waals surface area contributed by atoms with Crippen molar-refractivity contribution < 1.29 is 14.3 Å². The number of allylic oxidation sites excluding steroid dienone is 3. The molecule has 1 aliphatic carbocycles. The van der Waals surface area contributed by atoms with Gasteiger partial charge in [0, 0.05) is 30.9 Å². The van der Waals surface area contributed by atoms with E-state index >= 15 is 0 Å². The summed E-state index contributed by atoms with van der Waals surface area (Å²) in [4.78, 5) is 29.9. The first-order valence-corrected chi connectivity index (χ1v) is 10.2. The Morgan fingerprint density at radius 3 is 2.59 bits per heavy atom. The second-order valence-electron chi connectivity index (χ2n) is 8.13. The highest BCUT2D eigenvalue weighted by molar-refractivity contribution is 6.12. The smallest absolute Gasteiger partial charge is 0.257 e. The van der Waals surface area contributed by atoms with Gasteiger partial charge in [-0.1, -0.05) is 50.3 Å². The van der Waals surface area contributed by atoms with Gasteiger partial charge in [-0.25, -0.2) is 4.99 Å². The highest BCUT2D eigenvalue weighted by Gasteiger charge is 2.41. The number of ether oxygens (including phenoxy) is 1. The molecule has 2 amide bonds. The van der Waals surface area contributed by atoms with Crippen molar-refractivity contribution >= 4 is 17.5 Å². The van der Waals surface area contributed by atoms with E-state index < -0.39 is 5.41 Å². The molecule has 2 heterocycles. The number of aliphatic imine (C=N–C) groups is 1. The van der Waals surface area contributed by atoms with Gasteiger partial charge in [-0.05, 0) is 42.0 Å². The summed E-state index contributed by atoms with van der Waals surface area (Å²) in [5.41, 5.74) is 2.77. The molecular formula is C24H26N2O3. The van der Waals surface area contributed by atoms with Crippen molar-refractivity contribution in [2.45, 2.75) is 32.1 Å². The van der Waals surface area contributed by atoms with Gasteiger partial charge in [0.15, 0.2) is 0 Å². The number of rotatable bonds is 3. The van der Waals surface area contributed by atoms with Crippen LogP contribution in [-0.2, 0) is 19.7 Å². The summed E-state index contributed by atoms with van der Waals surface area (Å²) in [6.45, 7) is 5.25. The van der Waals surface area contributed by atoms with Gasteiger partial charge >= 0.3 is 0 Å². The second kappa shape index (κ2) is 7.91. The summed E-state index contributed by atoms with van der Waals surface area (Å²) in [5, 5.41) is 2.91. The van der Waals surface area contributed by atoms with Crippen LogP contribution in [0, 0.1) is 11.8 Å². The van der Waals surface area contributed by atoms with Gasteiger partial charge in [-0.3, -0.25) is 9.59 Å². The fraction of sp³-hybridized carbons (Fsp3) is 0.375. The van der Waals surface area contributed by atoms with Crippen LogP contribution in [0.3, 0.4) is 0 Å². The van der Waals surface area contributed by atoms with Crippen LogP contribution in [0.5, 0.6) is 0 Å². The van der Waals surface area contributed by atoms with E-state index in [1.165, 1.54) is 0 Å². The zero-order valence-corrected chi connectivity index (χ0v) is 16.9. The summed E-state index contributed by atoms with van der Waals surface area (Å²) in [6.07, 6.45) is 8.65. The fourth-order valence-electron chi connectivity index (χ4n) is 4.34. The van der Waals surface area contributed by atoms with Crippen molar-refractivity contribution in [1.29, 1.82) is 0 Å². The Morgan fingerprint density at radius 1 is 1.17 bits per heavy atom. The van der Waals surface area contributed by atoms with Crippen LogP contribution in [-0.4, -0.2) is 30.7 Å². The lowest BCUT2D eigenvalue weighted by Crippen LogP contribution is -2.41. The minimum absolute atomic E-state index is 0.0351. The third-order valence-electron chi connectivity index (χ3n) is 6.00. The van der Waals surface area contributed by atoms with Crippen LogP contribution in [0.4, 0.5) is 0 Å². The Hall–Kier alpha value is -2.79. The number of nitrogens with zero attached hydrogens (tertiary/aromatic N) is 1. The molecule has 0 saturated carbocycles. The lowest BCUT2D eigenvalue weighted by atomic mass is 9.73. The third-order valence-corrected chi connectivity index (χ3v) is 6.00. The van der Waals surface area contributed by atoms with Gasteiger partial charge in [0.25, 0.3) is 5.91 Å². The third kappa shape index (κ3) is 3.75. The number of benzene rings is 1. The summed E-state index contributed by atoms with van der Waals surface area (Å²) >= 11 is 0. The zero-order chi connectivity index (χ0) is 20.4. The van der Waals surface area contributed by atoms with Crippen molar-refractivity contribution in [2.24, 2.45) is 16.8 Å². The van der Waals surface area contributed by atoms with Crippen molar-refractivity contribution in [3.05, 3.63) is 71.5 Å². The predicted octanol–water partition coefficient (Wildman–Crippen LogP) is 3.48. The van der Waals surface area contributed by atoms with Crippen LogP contribution in [0.1, 0.15) is 32.3 Å². The van der Waals surface area contributed by atoms with Gasteiger partial charge in [0.1, 0.15) is 0 Å². The van der Waals surface area contributed by atoms with E-state index in [2.05, 4.69) is 24.2 Å². The summed E-state index contributed by atoms with van der Waals surface area (Å²) in [5.74, 6) is 0.0294. The van der Waals surface area contributed by atoms with Crippen LogP contribution in [0.15, 0.2) is 70.9 Å². The first-order chi connectivity index (χ1) is 14.0. The predicted molar refractivity (Wildman–Crippen MR) is 112 cm³/mol. The van der Waals surface area contributed by atoms with Crippen molar-refractivity contribution in [2.75, 3.05) is 13.2 Å². The number of nitrogens with one attached hydrogen (secondary N) is 1. The molecule has 1 unspecified atom stereocenters. The number of fused-ring (bicyclic) bond motifs is 1. The number of hydrogen-bond acceptors (Lipinski definition) is 3. The monoisotopic (exact) mass is 390 g/mol. The minimum Gasteiger partial charge on any atom is -0.381 e. The van der Waals surface area contributed by atoms with Crippen molar-refractivity contribution in [3.63, 3.8) is 0 Å². The molecule has 1 saturated heterocycles. The molecule has 29 heavy (non-hydrogen) atoms. The van der Waals surface area contributed by atoms with Gasteiger partial charge in [-0.2, -0.15) is 0 Å². The van der Waals surface area contributed by atoms with Crippen LogP contribution in [0.25, 0.3) is 0 Å². The number of hydrogen-bond donors (Lipinski definition) is 1. The molecule has 1 N–H and O–H groups in total. The molecule has 0 spiro atoms. The molecule has 1 atom stereocenters. The lowest BCUT2D eigenvalue weighted by molar-refractivity contribution is -0.126. The van der Waals surface area contributed by atoms with E-state index in [1.54, 1.807) is 6.08 Å². The average Bonchev–Trinajstić information content (AvgIpc) is 2.74. The largest absolute Gasteiger partial charge is 0.381 e. The fourth-order valence-corrected chi connectivity index (χ4v) is 4.34. The maximum Gasteiger partial charge on any atom is 0.257 e. The summed E-state index contributed by atoms with van der Waals surface area (Å²) in [7, 11) is 0. The van der Waals surface area contributed by atoms with Crippen molar-refractivity contribution in [3.8, 4) is 0 Å². The van der Waals surface area contributed by atoms with E-state index in [1.807, 2.05) is 48.6 Å². The van der Waals surface area contributed by atoms with Gasteiger partial charge in [-0.15, -0.1) is 0 Å². The molecule has 0 bridgehead atoms. The quantitative estimate of drug-likeness (QED) is 0.859. The maximum absolute atomic E-state index is 13.4. The first kappa shape index (κ1) is 19.5. The van der Waals surface area contributed by atoms with Gasteiger partial charge < -0.3 is 10.1 Å². The highest BCUT2D eigenvalue weighted by Crippen LogP contribution is 2.37. The van der Waals surface area contributed by atoms with E-state index in [4.69, 9.17) is 4.74 Å².